The third-order valence-electron chi connectivity index (χ3n) is 3.08. The lowest BCUT2D eigenvalue weighted by Gasteiger charge is -2.15. The minimum Gasteiger partial charge on any atom is -0.496 e. The fourth-order valence-electron chi connectivity index (χ4n) is 1.91. The van der Waals surface area contributed by atoms with Gasteiger partial charge in [-0.05, 0) is 13.0 Å². The topological polar surface area (TPSA) is 53.1 Å². The second-order valence-corrected chi connectivity index (χ2v) is 4.03. The fraction of sp³-hybridized carbons (Fsp3) is 0.308. The van der Waals surface area contributed by atoms with Crippen LogP contribution in [-0.4, -0.2) is 16.9 Å². The van der Waals surface area contributed by atoms with Crippen molar-refractivity contribution in [2.75, 3.05) is 7.11 Å². The van der Waals surface area contributed by atoms with Crippen molar-refractivity contribution in [2.45, 2.75) is 13.0 Å². The van der Waals surface area contributed by atoms with Gasteiger partial charge in [0.25, 0.3) is 0 Å². The van der Waals surface area contributed by atoms with Crippen LogP contribution in [0.5, 0.6) is 5.75 Å². The molecule has 0 bridgehead atoms. The summed E-state index contributed by atoms with van der Waals surface area (Å²) in [4.78, 5) is 0. The number of para-hydroxylation sites is 1. The second kappa shape index (κ2) is 4.59. The molecule has 1 aromatic carbocycles. The number of benzene rings is 1. The number of aryl methyl sites for hydroxylation is 1. The molecule has 1 aromatic heterocycles. The van der Waals surface area contributed by atoms with Crippen molar-refractivity contribution in [1.82, 2.24) is 9.78 Å². The number of nitrogens with two attached hydrogens (primary N) is 1. The third-order valence-corrected chi connectivity index (χ3v) is 3.08. The van der Waals surface area contributed by atoms with E-state index in [4.69, 9.17) is 10.5 Å². The van der Waals surface area contributed by atoms with Gasteiger partial charge in [-0.1, -0.05) is 18.2 Å². The van der Waals surface area contributed by atoms with E-state index >= 15 is 0 Å². The van der Waals surface area contributed by atoms with Gasteiger partial charge < -0.3 is 10.5 Å². The first-order valence-corrected chi connectivity index (χ1v) is 5.52. The molecule has 2 N–H and O–H groups in total. The summed E-state index contributed by atoms with van der Waals surface area (Å²) in [6.07, 6.45) is 1.81. The molecule has 0 saturated carbocycles. The molecule has 90 valence electrons. The van der Waals surface area contributed by atoms with E-state index in [-0.39, 0.29) is 6.04 Å². The summed E-state index contributed by atoms with van der Waals surface area (Å²) >= 11 is 0. The lowest BCUT2D eigenvalue weighted by Crippen LogP contribution is -2.14. The van der Waals surface area contributed by atoms with Crippen LogP contribution >= 0.6 is 0 Å². The highest BCUT2D eigenvalue weighted by molar-refractivity contribution is 5.41. The molecule has 0 amide bonds. The Hall–Kier alpha value is -1.81. The number of hydrogen-bond acceptors (Lipinski definition) is 3. The molecule has 1 heterocycles. The second-order valence-electron chi connectivity index (χ2n) is 4.03. The van der Waals surface area contributed by atoms with Gasteiger partial charge in [0.1, 0.15) is 5.75 Å². The predicted molar refractivity (Wildman–Crippen MR) is 67.0 cm³/mol. The Bertz CT molecular complexity index is 519. The number of ether oxygens (including phenoxy) is 1. The minimum atomic E-state index is -0.208. The Morgan fingerprint density at radius 3 is 2.59 bits per heavy atom. The monoisotopic (exact) mass is 231 g/mol. The first kappa shape index (κ1) is 11.7. The van der Waals surface area contributed by atoms with E-state index in [2.05, 4.69) is 5.10 Å². The lowest BCUT2D eigenvalue weighted by molar-refractivity contribution is 0.408. The molecule has 1 atom stereocenters. The van der Waals surface area contributed by atoms with Crippen molar-refractivity contribution in [3.63, 3.8) is 0 Å². The highest BCUT2D eigenvalue weighted by atomic mass is 16.5. The van der Waals surface area contributed by atoms with Crippen LogP contribution in [0.25, 0.3) is 0 Å². The van der Waals surface area contributed by atoms with E-state index in [9.17, 15) is 0 Å². The predicted octanol–water partition coefficient (Wildman–Crippen LogP) is 1.79. The van der Waals surface area contributed by atoms with Crippen LogP contribution < -0.4 is 10.5 Å². The van der Waals surface area contributed by atoms with Crippen molar-refractivity contribution in [3.8, 4) is 5.75 Å². The van der Waals surface area contributed by atoms with Gasteiger partial charge in [0, 0.05) is 23.9 Å². The Balaban J connectivity index is 2.43. The molecule has 0 radical (unpaired) electrons. The van der Waals surface area contributed by atoms with Crippen molar-refractivity contribution < 1.29 is 4.74 Å². The molecule has 0 aliphatic carbocycles. The molecule has 4 nitrogen and oxygen atoms in total. The smallest absolute Gasteiger partial charge is 0.123 e. The summed E-state index contributed by atoms with van der Waals surface area (Å²) in [5, 5.41) is 4.21. The Kier molecular flexibility index (Phi) is 3.15. The first-order valence-electron chi connectivity index (χ1n) is 5.52. The minimum absolute atomic E-state index is 0.208. The summed E-state index contributed by atoms with van der Waals surface area (Å²) in [6, 6.07) is 7.59. The molecule has 17 heavy (non-hydrogen) atoms. The molecule has 0 aliphatic heterocycles. The Morgan fingerprint density at radius 2 is 2.00 bits per heavy atom. The van der Waals surface area contributed by atoms with Gasteiger partial charge in [-0.3, -0.25) is 4.68 Å². The SMILES string of the molecule is COc1ccccc1C(N)c1cnn(C)c1C. The van der Waals surface area contributed by atoms with Gasteiger partial charge in [0.2, 0.25) is 0 Å². The zero-order chi connectivity index (χ0) is 12.4. The highest BCUT2D eigenvalue weighted by Gasteiger charge is 2.17. The number of methoxy groups -OCH3 is 1. The van der Waals surface area contributed by atoms with Crippen molar-refractivity contribution in [1.29, 1.82) is 0 Å². The van der Waals surface area contributed by atoms with Crippen LogP contribution in [-0.2, 0) is 7.05 Å². The van der Waals surface area contributed by atoms with E-state index in [1.165, 1.54) is 0 Å². The van der Waals surface area contributed by atoms with Crippen LogP contribution in [0.15, 0.2) is 30.5 Å². The van der Waals surface area contributed by atoms with Crippen LogP contribution in [0.2, 0.25) is 0 Å². The normalized spacial score (nSPS) is 12.5. The molecule has 0 saturated heterocycles. The number of hydrogen-bond donors (Lipinski definition) is 1. The Morgan fingerprint density at radius 1 is 1.29 bits per heavy atom. The Labute approximate surface area is 101 Å². The highest BCUT2D eigenvalue weighted by Crippen LogP contribution is 2.29. The summed E-state index contributed by atoms with van der Waals surface area (Å²) in [5.41, 5.74) is 9.35. The first-order chi connectivity index (χ1) is 8.15. The molecule has 0 aliphatic rings. The van der Waals surface area contributed by atoms with Gasteiger partial charge in [-0.25, -0.2) is 0 Å². The molecular formula is C13H17N3O. The quantitative estimate of drug-likeness (QED) is 0.876. The summed E-state index contributed by atoms with van der Waals surface area (Å²) in [5.74, 6) is 0.809. The molecule has 4 heteroatoms. The maximum absolute atomic E-state index is 6.27. The van der Waals surface area contributed by atoms with Crippen LogP contribution in [0.4, 0.5) is 0 Å². The van der Waals surface area contributed by atoms with Gasteiger partial charge in [0.15, 0.2) is 0 Å². The number of aromatic nitrogens is 2. The van der Waals surface area contributed by atoms with E-state index in [1.54, 1.807) is 7.11 Å². The summed E-state index contributed by atoms with van der Waals surface area (Å²) in [7, 11) is 3.56. The lowest BCUT2D eigenvalue weighted by atomic mass is 9.99. The van der Waals surface area contributed by atoms with Gasteiger partial charge in [0.05, 0.1) is 19.3 Å². The van der Waals surface area contributed by atoms with E-state index in [0.717, 1.165) is 22.6 Å². The molecule has 0 fully saturated rings. The maximum Gasteiger partial charge on any atom is 0.123 e. The zero-order valence-corrected chi connectivity index (χ0v) is 10.3. The van der Waals surface area contributed by atoms with Crippen molar-refractivity contribution in [3.05, 3.63) is 47.3 Å². The van der Waals surface area contributed by atoms with E-state index in [1.807, 2.05) is 49.1 Å². The summed E-state index contributed by atoms with van der Waals surface area (Å²) in [6.45, 7) is 2.01. The zero-order valence-electron chi connectivity index (χ0n) is 10.3. The van der Waals surface area contributed by atoms with Crippen LogP contribution in [0.1, 0.15) is 22.9 Å². The van der Waals surface area contributed by atoms with Gasteiger partial charge in [-0.15, -0.1) is 0 Å². The average Bonchev–Trinajstić information content (AvgIpc) is 2.69. The number of rotatable bonds is 3. The maximum atomic E-state index is 6.27. The largest absolute Gasteiger partial charge is 0.496 e. The molecule has 0 spiro atoms. The van der Waals surface area contributed by atoms with Crippen molar-refractivity contribution >= 4 is 0 Å². The molecular weight excluding hydrogens is 214 g/mol. The van der Waals surface area contributed by atoms with Crippen LogP contribution in [0, 0.1) is 6.92 Å². The summed E-state index contributed by atoms with van der Waals surface area (Å²) < 4.78 is 7.15. The standard InChI is InChI=1S/C13H17N3O/c1-9-11(8-15-16(9)2)13(14)10-6-4-5-7-12(10)17-3/h4-8,13H,14H2,1-3H3. The third kappa shape index (κ3) is 2.03. The number of nitrogens with zero attached hydrogens (tertiary/aromatic N) is 2. The average molecular weight is 231 g/mol. The van der Waals surface area contributed by atoms with Gasteiger partial charge >= 0.3 is 0 Å². The van der Waals surface area contributed by atoms with Gasteiger partial charge in [-0.2, -0.15) is 5.10 Å². The van der Waals surface area contributed by atoms with E-state index in [0.29, 0.717) is 0 Å². The molecule has 2 rings (SSSR count). The van der Waals surface area contributed by atoms with Crippen LogP contribution in [0.3, 0.4) is 0 Å². The van der Waals surface area contributed by atoms with Crippen molar-refractivity contribution in [2.24, 2.45) is 12.8 Å². The van der Waals surface area contributed by atoms with E-state index < -0.39 is 0 Å². The molecule has 2 aromatic rings. The fourth-order valence-corrected chi connectivity index (χ4v) is 1.91. The molecule has 1 unspecified atom stereocenters.